The highest BCUT2D eigenvalue weighted by Gasteiger charge is 2.47. The molecule has 124 valence electrons. The highest BCUT2D eigenvalue weighted by molar-refractivity contribution is 5.80. The summed E-state index contributed by atoms with van der Waals surface area (Å²) in [5.74, 6) is 1.90. The molecule has 0 N–H and O–H groups in total. The zero-order chi connectivity index (χ0) is 15.8. The lowest BCUT2D eigenvalue weighted by atomic mass is 9.75. The number of ether oxygens (including phenoxy) is 2. The molecule has 5 heteroatoms. The van der Waals surface area contributed by atoms with Gasteiger partial charge in [-0.2, -0.15) is 0 Å². The van der Waals surface area contributed by atoms with Crippen LogP contribution < -0.4 is 4.74 Å². The van der Waals surface area contributed by atoms with Gasteiger partial charge in [0.05, 0.1) is 12.6 Å². The van der Waals surface area contributed by atoms with Crippen molar-refractivity contribution >= 4 is 5.91 Å². The number of hydrogen-bond donors (Lipinski definition) is 0. The van der Waals surface area contributed by atoms with E-state index < -0.39 is 0 Å². The number of fused-ring (bicyclic) bond motifs is 1. The number of aromatic nitrogens is 1. The summed E-state index contributed by atoms with van der Waals surface area (Å²) in [5, 5.41) is 0. The molecular formula is C18H24N2O3. The first-order valence-corrected chi connectivity index (χ1v) is 8.72. The molecule has 3 atom stereocenters. The lowest BCUT2D eigenvalue weighted by Crippen LogP contribution is -2.56. The van der Waals surface area contributed by atoms with Crippen molar-refractivity contribution in [3.63, 3.8) is 0 Å². The molecule has 3 fully saturated rings. The van der Waals surface area contributed by atoms with E-state index in [1.807, 2.05) is 18.2 Å². The zero-order valence-electron chi connectivity index (χ0n) is 13.6. The van der Waals surface area contributed by atoms with Crippen LogP contribution >= 0.6 is 0 Å². The Hall–Kier alpha value is -1.62. The van der Waals surface area contributed by atoms with Crippen LogP contribution in [-0.2, 0) is 9.53 Å². The summed E-state index contributed by atoms with van der Waals surface area (Å²) in [6, 6.07) is 5.83. The molecule has 5 nitrogen and oxygen atoms in total. The molecule has 2 heterocycles. The van der Waals surface area contributed by atoms with E-state index in [1.54, 1.807) is 6.20 Å². The van der Waals surface area contributed by atoms with E-state index >= 15 is 0 Å². The quantitative estimate of drug-likeness (QED) is 0.858. The van der Waals surface area contributed by atoms with Crippen LogP contribution in [0.15, 0.2) is 24.4 Å². The molecule has 1 aromatic heterocycles. The van der Waals surface area contributed by atoms with Crippen molar-refractivity contribution in [2.45, 2.75) is 50.9 Å². The van der Waals surface area contributed by atoms with Gasteiger partial charge < -0.3 is 14.4 Å². The minimum atomic E-state index is -0.0211. The maximum Gasteiger partial charge on any atom is 0.226 e. The second kappa shape index (κ2) is 6.11. The van der Waals surface area contributed by atoms with Gasteiger partial charge in [-0.05, 0) is 37.7 Å². The van der Waals surface area contributed by atoms with Gasteiger partial charge in [0.2, 0.25) is 11.8 Å². The maximum atomic E-state index is 12.8. The molecule has 0 unspecified atom stereocenters. The minimum Gasteiger partial charge on any atom is -0.471 e. The molecule has 1 aromatic rings. The third-order valence-electron chi connectivity index (χ3n) is 5.45. The Balaban J connectivity index is 1.43. The smallest absolute Gasteiger partial charge is 0.226 e. The van der Waals surface area contributed by atoms with Gasteiger partial charge in [-0.25, -0.2) is 4.98 Å². The highest BCUT2D eigenvalue weighted by Crippen LogP contribution is 2.38. The van der Waals surface area contributed by atoms with Crippen LogP contribution in [0.4, 0.5) is 0 Å². The molecule has 4 rings (SSSR count). The normalized spacial score (nSPS) is 36.2. The Bertz CT molecular complexity index is 559. The zero-order valence-corrected chi connectivity index (χ0v) is 13.6. The van der Waals surface area contributed by atoms with E-state index in [-0.39, 0.29) is 24.2 Å². The van der Waals surface area contributed by atoms with Crippen molar-refractivity contribution in [2.24, 2.45) is 11.8 Å². The average molecular weight is 316 g/mol. The first-order chi connectivity index (χ1) is 11.2. The van der Waals surface area contributed by atoms with Crippen molar-refractivity contribution in [1.82, 2.24) is 9.88 Å². The fourth-order valence-electron chi connectivity index (χ4n) is 4.23. The topological polar surface area (TPSA) is 51.7 Å². The van der Waals surface area contributed by atoms with Crippen molar-refractivity contribution in [3.8, 4) is 5.88 Å². The van der Waals surface area contributed by atoms with E-state index in [0.717, 1.165) is 32.2 Å². The molecule has 0 bridgehead atoms. The van der Waals surface area contributed by atoms with Gasteiger partial charge in [0.1, 0.15) is 12.2 Å². The average Bonchev–Trinajstić information content (AvgIpc) is 2.95. The van der Waals surface area contributed by atoms with Crippen LogP contribution in [0.2, 0.25) is 0 Å². The first kappa shape index (κ1) is 14.9. The number of carbonyl (C=O) groups excluding carboxylic acids is 1. The van der Waals surface area contributed by atoms with Gasteiger partial charge in [0, 0.05) is 24.7 Å². The molecule has 0 aromatic carbocycles. The van der Waals surface area contributed by atoms with Crippen LogP contribution in [0.3, 0.4) is 0 Å². The molecular weight excluding hydrogens is 292 g/mol. The molecule has 0 radical (unpaired) electrons. The summed E-state index contributed by atoms with van der Waals surface area (Å²) in [6.45, 7) is 3.55. The number of rotatable bonds is 3. The Labute approximate surface area is 137 Å². The standard InChI is InChI=1S/C18H24N2O3/c1-12-10-13(11-12)18(21)20-8-9-22-17-14(20)5-6-15(17)23-16-4-2-3-7-19-16/h2-4,7,12-15,17H,5-6,8-11H2,1H3/t12?,13?,14-,15-,17+/m0/s1. The molecule has 3 aliphatic rings. The Morgan fingerprint density at radius 3 is 2.96 bits per heavy atom. The third kappa shape index (κ3) is 2.82. The second-order valence-electron chi connectivity index (χ2n) is 7.11. The maximum absolute atomic E-state index is 12.8. The Morgan fingerprint density at radius 2 is 2.22 bits per heavy atom. The summed E-state index contributed by atoms with van der Waals surface area (Å²) in [5.41, 5.74) is 0. The third-order valence-corrected chi connectivity index (χ3v) is 5.45. The highest BCUT2D eigenvalue weighted by atomic mass is 16.5. The summed E-state index contributed by atoms with van der Waals surface area (Å²) in [7, 11) is 0. The van der Waals surface area contributed by atoms with E-state index in [1.165, 1.54) is 0 Å². The van der Waals surface area contributed by atoms with Gasteiger partial charge in [-0.15, -0.1) is 0 Å². The Kier molecular flexibility index (Phi) is 3.97. The summed E-state index contributed by atoms with van der Waals surface area (Å²) < 4.78 is 12.0. The Morgan fingerprint density at radius 1 is 1.35 bits per heavy atom. The number of hydrogen-bond acceptors (Lipinski definition) is 4. The van der Waals surface area contributed by atoms with Crippen molar-refractivity contribution in [3.05, 3.63) is 24.4 Å². The van der Waals surface area contributed by atoms with Crippen LogP contribution in [0, 0.1) is 11.8 Å². The first-order valence-electron chi connectivity index (χ1n) is 8.72. The molecule has 2 aliphatic carbocycles. The molecule has 1 saturated heterocycles. The number of morpholine rings is 1. The lowest BCUT2D eigenvalue weighted by molar-refractivity contribution is -0.155. The fraction of sp³-hybridized carbons (Fsp3) is 0.667. The molecule has 23 heavy (non-hydrogen) atoms. The van der Waals surface area contributed by atoms with Gasteiger partial charge >= 0.3 is 0 Å². The molecule has 1 aliphatic heterocycles. The van der Waals surface area contributed by atoms with Crippen molar-refractivity contribution < 1.29 is 14.3 Å². The van der Waals surface area contributed by atoms with Gasteiger partial charge in [-0.1, -0.05) is 13.0 Å². The molecule has 0 spiro atoms. The number of amides is 1. The molecule has 1 amide bonds. The van der Waals surface area contributed by atoms with Gasteiger partial charge in [0.25, 0.3) is 0 Å². The van der Waals surface area contributed by atoms with E-state index in [2.05, 4.69) is 16.8 Å². The van der Waals surface area contributed by atoms with Crippen LogP contribution in [0.25, 0.3) is 0 Å². The number of nitrogens with zero attached hydrogens (tertiary/aromatic N) is 2. The summed E-state index contributed by atoms with van der Waals surface area (Å²) in [4.78, 5) is 19.1. The van der Waals surface area contributed by atoms with Crippen LogP contribution in [0.1, 0.15) is 32.6 Å². The predicted octanol–water partition coefficient (Wildman–Crippen LogP) is 2.26. The number of carbonyl (C=O) groups is 1. The summed E-state index contributed by atoms with van der Waals surface area (Å²) >= 11 is 0. The lowest BCUT2D eigenvalue weighted by Gasteiger charge is -2.43. The SMILES string of the molecule is CC1CC(C(=O)N2CCO[C@H]3[C@@H](Oc4ccccn4)CC[C@@H]32)C1. The summed E-state index contributed by atoms with van der Waals surface area (Å²) in [6.07, 6.45) is 5.66. The van der Waals surface area contributed by atoms with E-state index in [0.29, 0.717) is 24.3 Å². The van der Waals surface area contributed by atoms with E-state index in [4.69, 9.17) is 9.47 Å². The van der Waals surface area contributed by atoms with Crippen LogP contribution in [-0.4, -0.2) is 47.2 Å². The second-order valence-corrected chi connectivity index (χ2v) is 7.11. The van der Waals surface area contributed by atoms with Crippen molar-refractivity contribution in [2.75, 3.05) is 13.2 Å². The van der Waals surface area contributed by atoms with E-state index in [9.17, 15) is 4.79 Å². The van der Waals surface area contributed by atoms with Gasteiger partial charge in [0.15, 0.2) is 0 Å². The predicted molar refractivity (Wildman–Crippen MR) is 85.0 cm³/mol. The van der Waals surface area contributed by atoms with Crippen molar-refractivity contribution in [1.29, 1.82) is 0 Å². The fourth-order valence-corrected chi connectivity index (χ4v) is 4.23. The monoisotopic (exact) mass is 316 g/mol. The molecule has 2 saturated carbocycles. The van der Waals surface area contributed by atoms with Crippen LogP contribution in [0.5, 0.6) is 5.88 Å². The number of pyridine rings is 1. The minimum absolute atomic E-state index is 0.00851. The van der Waals surface area contributed by atoms with Gasteiger partial charge in [-0.3, -0.25) is 4.79 Å². The largest absolute Gasteiger partial charge is 0.471 e.